The van der Waals surface area contributed by atoms with Crippen LogP contribution < -0.4 is 10.1 Å². The summed E-state index contributed by atoms with van der Waals surface area (Å²) in [5.41, 5.74) is 0.810. The van der Waals surface area contributed by atoms with Gasteiger partial charge in [-0.2, -0.15) is 0 Å². The number of nitrogens with one attached hydrogen (secondary N) is 1. The highest BCUT2D eigenvalue weighted by Gasteiger charge is 2.34. The first kappa shape index (κ1) is 12.5. The maximum atomic E-state index is 10.6. The smallest absolute Gasteiger partial charge is 0.307 e. The van der Waals surface area contributed by atoms with Crippen LogP contribution in [0.25, 0.3) is 0 Å². The number of carboxylic acids is 1. The second-order valence-corrected chi connectivity index (χ2v) is 5.56. The maximum absolute atomic E-state index is 10.6. The van der Waals surface area contributed by atoms with Gasteiger partial charge < -0.3 is 15.2 Å². The van der Waals surface area contributed by atoms with E-state index < -0.39 is 5.97 Å². The van der Waals surface area contributed by atoms with Gasteiger partial charge in [-0.15, -0.1) is 0 Å². The van der Waals surface area contributed by atoms with Gasteiger partial charge in [-0.25, -0.2) is 0 Å². The molecule has 3 rings (SSSR count). The largest absolute Gasteiger partial charge is 0.490 e. The first-order valence-corrected chi connectivity index (χ1v) is 6.92. The summed E-state index contributed by atoms with van der Waals surface area (Å²) in [7, 11) is 0. The van der Waals surface area contributed by atoms with Gasteiger partial charge in [0.1, 0.15) is 11.9 Å². The average molecular weight is 261 g/mol. The molecule has 2 aliphatic rings. The van der Waals surface area contributed by atoms with Crippen LogP contribution >= 0.6 is 0 Å². The number of benzene rings is 1. The van der Waals surface area contributed by atoms with Crippen LogP contribution in [0.3, 0.4) is 0 Å². The van der Waals surface area contributed by atoms with E-state index >= 15 is 0 Å². The van der Waals surface area contributed by atoms with Crippen molar-refractivity contribution in [2.75, 3.05) is 0 Å². The number of hydrogen-bond acceptors (Lipinski definition) is 3. The number of fused-ring (bicyclic) bond motifs is 2. The van der Waals surface area contributed by atoms with Crippen LogP contribution in [0, 0.1) is 0 Å². The summed E-state index contributed by atoms with van der Waals surface area (Å²) < 4.78 is 6.01. The molecule has 0 radical (unpaired) electrons. The summed E-state index contributed by atoms with van der Waals surface area (Å²) in [4.78, 5) is 10.6. The van der Waals surface area contributed by atoms with Crippen LogP contribution in [-0.4, -0.2) is 29.3 Å². The molecule has 0 aromatic heterocycles. The molecule has 4 nitrogen and oxygen atoms in total. The Labute approximate surface area is 112 Å². The molecule has 1 aromatic rings. The van der Waals surface area contributed by atoms with Crippen molar-refractivity contribution in [3.05, 3.63) is 29.8 Å². The van der Waals surface area contributed by atoms with E-state index in [-0.39, 0.29) is 6.42 Å². The number of ether oxygens (including phenoxy) is 1. The van der Waals surface area contributed by atoms with Crippen LogP contribution in [-0.2, 0) is 11.2 Å². The molecular formula is C15H19NO3. The highest BCUT2D eigenvalue weighted by Crippen LogP contribution is 2.29. The first-order chi connectivity index (χ1) is 9.19. The lowest BCUT2D eigenvalue weighted by Crippen LogP contribution is -2.42. The lowest BCUT2D eigenvalue weighted by atomic mass is 10.0. The van der Waals surface area contributed by atoms with Gasteiger partial charge in [0.25, 0.3) is 0 Å². The highest BCUT2D eigenvalue weighted by atomic mass is 16.5. The lowest BCUT2D eigenvalue weighted by Gasteiger charge is -2.29. The molecule has 1 aromatic carbocycles. The third kappa shape index (κ3) is 3.07. The van der Waals surface area contributed by atoms with E-state index in [0.717, 1.165) is 24.2 Å². The van der Waals surface area contributed by atoms with Crippen molar-refractivity contribution >= 4 is 5.97 Å². The molecule has 2 heterocycles. The fourth-order valence-electron chi connectivity index (χ4n) is 3.15. The van der Waals surface area contributed by atoms with Gasteiger partial charge in [0, 0.05) is 12.1 Å². The Kier molecular flexibility index (Phi) is 3.42. The number of hydrogen-bond donors (Lipinski definition) is 2. The summed E-state index contributed by atoms with van der Waals surface area (Å²) in [6, 6.07) is 8.66. The summed E-state index contributed by atoms with van der Waals surface area (Å²) in [6.07, 6.45) is 5.05. The van der Waals surface area contributed by atoms with E-state index in [4.69, 9.17) is 9.84 Å². The van der Waals surface area contributed by atoms with Crippen molar-refractivity contribution in [3.8, 4) is 5.75 Å². The maximum Gasteiger partial charge on any atom is 0.307 e. The molecule has 2 atom stereocenters. The van der Waals surface area contributed by atoms with Crippen LogP contribution in [0.2, 0.25) is 0 Å². The van der Waals surface area contributed by atoms with Crippen LogP contribution in [0.4, 0.5) is 0 Å². The van der Waals surface area contributed by atoms with Gasteiger partial charge in [0.2, 0.25) is 0 Å². The predicted molar refractivity (Wildman–Crippen MR) is 71.4 cm³/mol. The molecule has 2 N–H and O–H groups in total. The number of aliphatic carboxylic acids is 1. The molecular weight excluding hydrogens is 242 g/mol. The molecule has 2 aliphatic heterocycles. The average Bonchev–Trinajstić information content (AvgIpc) is 2.71. The SMILES string of the molecule is O=C(O)Cc1ccc(OC2CC3CCC(C2)N3)cc1. The van der Waals surface area contributed by atoms with Crippen LogP contribution in [0.1, 0.15) is 31.2 Å². The Morgan fingerprint density at radius 3 is 2.42 bits per heavy atom. The molecule has 2 bridgehead atoms. The normalized spacial score (nSPS) is 29.2. The summed E-state index contributed by atoms with van der Waals surface area (Å²) in [6.45, 7) is 0. The van der Waals surface area contributed by atoms with E-state index in [9.17, 15) is 4.79 Å². The van der Waals surface area contributed by atoms with Crippen LogP contribution in [0.15, 0.2) is 24.3 Å². The van der Waals surface area contributed by atoms with E-state index in [2.05, 4.69) is 5.32 Å². The molecule has 2 saturated heterocycles. The van der Waals surface area contributed by atoms with Crippen molar-refractivity contribution in [1.29, 1.82) is 0 Å². The van der Waals surface area contributed by atoms with Crippen molar-refractivity contribution in [3.63, 3.8) is 0 Å². The zero-order chi connectivity index (χ0) is 13.2. The van der Waals surface area contributed by atoms with E-state index in [1.54, 1.807) is 0 Å². The standard InChI is InChI=1S/C15H19NO3/c17-15(18)7-10-1-5-13(6-2-10)19-14-8-11-3-4-12(9-14)16-11/h1-2,5-6,11-12,14,16H,3-4,7-9H2,(H,17,18). The van der Waals surface area contributed by atoms with E-state index in [0.29, 0.717) is 18.2 Å². The third-order valence-electron chi connectivity index (χ3n) is 4.01. The van der Waals surface area contributed by atoms with Crippen LogP contribution in [0.5, 0.6) is 5.75 Å². The topological polar surface area (TPSA) is 58.6 Å². The van der Waals surface area contributed by atoms with Gasteiger partial charge in [0.05, 0.1) is 6.42 Å². The highest BCUT2D eigenvalue weighted by molar-refractivity contribution is 5.70. The van der Waals surface area contributed by atoms with Crippen molar-refractivity contribution in [2.24, 2.45) is 0 Å². The molecule has 4 heteroatoms. The van der Waals surface area contributed by atoms with Gasteiger partial charge in [0.15, 0.2) is 0 Å². The molecule has 0 amide bonds. The van der Waals surface area contributed by atoms with Gasteiger partial charge in [-0.1, -0.05) is 12.1 Å². The third-order valence-corrected chi connectivity index (χ3v) is 4.01. The number of carboxylic acid groups (broad SMARTS) is 1. The van der Waals surface area contributed by atoms with Gasteiger partial charge >= 0.3 is 5.97 Å². The van der Waals surface area contributed by atoms with E-state index in [1.165, 1.54) is 12.8 Å². The predicted octanol–water partition coefficient (Wildman–Crippen LogP) is 1.98. The number of piperidine rings is 1. The Morgan fingerprint density at radius 1 is 1.21 bits per heavy atom. The van der Waals surface area contributed by atoms with Crippen molar-refractivity contribution < 1.29 is 14.6 Å². The summed E-state index contributed by atoms with van der Waals surface area (Å²) >= 11 is 0. The molecule has 0 aliphatic carbocycles. The lowest BCUT2D eigenvalue weighted by molar-refractivity contribution is -0.136. The fraction of sp³-hybridized carbons (Fsp3) is 0.533. The van der Waals surface area contributed by atoms with Gasteiger partial charge in [-0.05, 0) is 43.4 Å². The summed E-state index contributed by atoms with van der Waals surface area (Å²) in [5.74, 6) is 0.0454. The summed E-state index contributed by atoms with van der Waals surface area (Å²) in [5, 5.41) is 12.3. The van der Waals surface area contributed by atoms with Crippen molar-refractivity contribution in [2.45, 2.75) is 50.3 Å². The minimum atomic E-state index is -0.802. The number of carbonyl (C=O) groups is 1. The monoisotopic (exact) mass is 261 g/mol. The Balaban J connectivity index is 1.59. The minimum Gasteiger partial charge on any atom is -0.490 e. The Morgan fingerprint density at radius 2 is 1.84 bits per heavy atom. The van der Waals surface area contributed by atoms with Gasteiger partial charge in [-0.3, -0.25) is 4.79 Å². The molecule has 0 spiro atoms. The van der Waals surface area contributed by atoms with E-state index in [1.807, 2.05) is 24.3 Å². The Hall–Kier alpha value is -1.55. The zero-order valence-electron chi connectivity index (χ0n) is 10.8. The first-order valence-electron chi connectivity index (χ1n) is 6.92. The zero-order valence-corrected chi connectivity index (χ0v) is 10.8. The number of rotatable bonds is 4. The molecule has 2 unspecified atom stereocenters. The fourth-order valence-corrected chi connectivity index (χ4v) is 3.15. The molecule has 19 heavy (non-hydrogen) atoms. The second-order valence-electron chi connectivity index (χ2n) is 5.56. The molecule has 2 fully saturated rings. The molecule has 102 valence electrons. The molecule has 0 saturated carbocycles. The minimum absolute atomic E-state index is 0.0672. The van der Waals surface area contributed by atoms with Crippen molar-refractivity contribution in [1.82, 2.24) is 5.32 Å². The quantitative estimate of drug-likeness (QED) is 0.870. The Bertz CT molecular complexity index is 445. The second kappa shape index (κ2) is 5.21.